The number of hydrogen-bond donors (Lipinski definition) is 1. The third-order valence-corrected chi connectivity index (χ3v) is 3.79. The fourth-order valence-corrected chi connectivity index (χ4v) is 2.00. The molecule has 0 fully saturated rings. The summed E-state index contributed by atoms with van der Waals surface area (Å²) in [5.41, 5.74) is 8.26. The SMILES string of the molecule is CC[C@H](C)[C@H](N)C(=O)N(C)Cc1ccc(N(C)C)cc1. The largest absolute Gasteiger partial charge is 0.378 e. The Morgan fingerprint density at radius 3 is 2.20 bits per heavy atom. The number of hydrogen-bond acceptors (Lipinski definition) is 3. The van der Waals surface area contributed by atoms with Crippen LogP contribution in [0.5, 0.6) is 0 Å². The van der Waals surface area contributed by atoms with E-state index in [9.17, 15) is 4.79 Å². The van der Waals surface area contributed by atoms with Gasteiger partial charge in [-0.1, -0.05) is 32.4 Å². The highest BCUT2D eigenvalue weighted by atomic mass is 16.2. The van der Waals surface area contributed by atoms with E-state index in [-0.39, 0.29) is 11.8 Å². The van der Waals surface area contributed by atoms with E-state index in [0.29, 0.717) is 6.54 Å². The minimum absolute atomic E-state index is 0.0102. The van der Waals surface area contributed by atoms with Gasteiger partial charge in [-0.3, -0.25) is 4.79 Å². The molecule has 1 amide bonds. The van der Waals surface area contributed by atoms with E-state index in [2.05, 4.69) is 24.0 Å². The van der Waals surface area contributed by atoms with Crippen molar-refractivity contribution in [2.75, 3.05) is 26.0 Å². The molecule has 4 heteroatoms. The molecular formula is C16H27N3O. The number of likely N-dealkylation sites (N-methyl/N-ethyl adjacent to an activating group) is 1. The normalized spacial score (nSPS) is 13.7. The number of anilines is 1. The molecule has 0 aliphatic rings. The first-order valence-corrected chi connectivity index (χ1v) is 7.13. The Hall–Kier alpha value is -1.55. The molecule has 4 nitrogen and oxygen atoms in total. The molecule has 1 aromatic carbocycles. The molecule has 112 valence electrons. The molecule has 0 aliphatic carbocycles. The van der Waals surface area contributed by atoms with Gasteiger partial charge in [0.2, 0.25) is 5.91 Å². The van der Waals surface area contributed by atoms with Crippen LogP contribution in [0.2, 0.25) is 0 Å². The third kappa shape index (κ3) is 4.23. The zero-order chi connectivity index (χ0) is 15.3. The summed E-state index contributed by atoms with van der Waals surface area (Å²) >= 11 is 0. The molecule has 0 bridgehead atoms. The average molecular weight is 277 g/mol. The Kier molecular flexibility index (Phi) is 6.02. The van der Waals surface area contributed by atoms with E-state index in [4.69, 9.17) is 5.73 Å². The van der Waals surface area contributed by atoms with Crippen LogP contribution in [0, 0.1) is 5.92 Å². The number of carbonyl (C=O) groups excluding carboxylic acids is 1. The summed E-state index contributed by atoms with van der Waals surface area (Å²) in [6.07, 6.45) is 0.915. The average Bonchev–Trinajstić information content (AvgIpc) is 2.45. The molecule has 0 spiro atoms. The molecule has 0 aromatic heterocycles. The van der Waals surface area contributed by atoms with Crippen molar-refractivity contribution in [3.8, 4) is 0 Å². The fourth-order valence-electron chi connectivity index (χ4n) is 2.00. The van der Waals surface area contributed by atoms with E-state index in [1.165, 1.54) is 0 Å². The molecular weight excluding hydrogens is 250 g/mol. The first-order valence-electron chi connectivity index (χ1n) is 7.13. The van der Waals surface area contributed by atoms with Crippen LogP contribution in [0.1, 0.15) is 25.8 Å². The lowest BCUT2D eigenvalue weighted by Gasteiger charge is -2.25. The summed E-state index contributed by atoms with van der Waals surface area (Å²) in [6.45, 7) is 4.66. The lowest BCUT2D eigenvalue weighted by Crippen LogP contribution is -2.45. The van der Waals surface area contributed by atoms with Gasteiger partial charge in [-0.25, -0.2) is 0 Å². The number of nitrogens with two attached hydrogens (primary N) is 1. The minimum atomic E-state index is -0.411. The topological polar surface area (TPSA) is 49.6 Å². The highest BCUT2D eigenvalue weighted by molar-refractivity contribution is 5.81. The number of rotatable bonds is 6. The second kappa shape index (κ2) is 7.29. The molecule has 1 aromatic rings. The zero-order valence-corrected chi connectivity index (χ0v) is 13.3. The minimum Gasteiger partial charge on any atom is -0.378 e. The van der Waals surface area contributed by atoms with Crippen molar-refractivity contribution in [3.63, 3.8) is 0 Å². The van der Waals surface area contributed by atoms with Gasteiger partial charge < -0.3 is 15.5 Å². The lowest BCUT2D eigenvalue weighted by molar-refractivity contribution is -0.132. The van der Waals surface area contributed by atoms with Crippen molar-refractivity contribution in [2.45, 2.75) is 32.9 Å². The second-order valence-electron chi connectivity index (χ2n) is 5.67. The monoisotopic (exact) mass is 277 g/mol. The Morgan fingerprint density at radius 2 is 1.75 bits per heavy atom. The van der Waals surface area contributed by atoms with Crippen molar-refractivity contribution in [1.82, 2.24) is 4.90 Å². The van der Waals surface area contributed by atoms with E-state index in [0.717, 1.165) is 17.7 Å². The summed E-state index contributed by atoms with van der Waals surface area (Å²) < 4.78 is 0. The zero-order valence-electron chi connectivity index (χ0n) is 13.3. The molecule has 0 saturated carbocycles. The second-order valence-corrected chi connectivity index (χ2v) is 5.67. The van der Waals surface area contributed by atoms with Gasteiger partial charge in [0.05, 0.1) is 6.04 Å². The van der Waals surface area contributed by atoms with Gasteiger partial charge >= 0.3 is 0 Å². The van der Waals surface area contributed by atoms with E-state index < -0.39 is 6.04 Å². The van der Waals surface area contributed by atoms with Crippen molar-refractivity contribution in [2.24, 2.45) is 11.7 Å². The molecule has 0 aliphatic heterocycles. The quantitative estimate of drug-likeness (QED) is 0.866. The fraction of sp³-hybridized carbons (Fsp3) is 0.562. The van der Waals surface area contributed by atoms with Crippen molar-refractivity contribution in [1.29, 1.82) is 0 Å². The highest BCUT2D eigenvalue weighted by Gasteiger charge is 2.22. The maximum Gasteiger partial charge on any atom is 0.239 e. The van der Waals surface area contributed by atoms with Crippen LogP contribution in [0.3, 0.4) is 0 Å². The standard InChI is InChI=1S/C16H27N3O/c1-6-12(2)15(17)16(20)19(5)11-13-7-9-14(10-8-13)18(3)4/h7-10,12,15H,6,11,17H2,1-5H3/t12-,15-/m0/s1. The Labute approximate surface area is 122 Å². The van der Waals surface area contributed by atoms with E-state index >= 15 is 0 Å². The summed E-state index contributed by atoms with van der Waals surface area (Å²) in [5.74, 6) is 0.220. The molecule has 0 unspecified atom stereocenters. The van der Waals surface area contributed by atoms with Gasteiger partial charge in [-0.2, -0.15) is 0 Å². The first-order chi connectivity index (χ1) is 9.36. The summed E-state index contributed by atoms with van der Waals surface area (Å²) in [5, 5.41) is 0. The van der Waals surface area contributed by atoms with Crippen LogP contribution in [0.4, 0.5) is 5.69 Å². The lowest BCUT2D eigenvalue weighted by atomic mass is 9.99. The Bertz CT molecular complexity index is 428. The maximum atomic E-state index is 12.2. The van der Waals surface area contributed by atoms with Crippen molar-refractivity contribution in [3.05, 3.63) is 29.8 Å². The summed E-state index contributed by atoms with van der Waals surface area (Å²) in [6, 6.07) is 7.80. The third-order valence-electron chi connectivity index (χ3n) is 3.79. The number of amides is 1. The van der Waals surface area contributed by atoms with Gasteiger partial charge in [0.1, 0.15) is 0 Å². The molecule has 2 atom stereocenters. The van der Waals surface area contributed by atoms with Gasteiger partial charge in [-0.15, -0.1) is 0 Å². The van der Waals surface area contributed by atoms with E-state index in [1.54, 1.807) is 4.90 Å². The predicted octanol–water partition coefficient (Wildman–Crippen LogP) is 2.08. The van der Waals surface area contributed by atoms with Crippen LogP contribution in [-0.2, 0) is 11.3 Å². The Morgan fingerprint density at radius 1 is 1.20 bits per heavy atom. The van der Waals surface area contributed by atoms with Gasteiger partial charge in [0.15, 0.2) is 0 Å². The van der Waals surface area contributed by atoms with Gasteiger partial charge in [-0.05, 0) is 23.6 Å². The summed E-state index contributed by atoms with van der Waals surface area (Å²) in [4.78, 5) is 16.0. The molecule has 0 saturated heterocycles. The van der Waals surface area contributed by atoms with Crippen molar-refractivity contribution >= 4 is 11.6 Å². The van der Waals surface area contributed by atoms with Crippen LogP contribution >= 0.6 is 0 Å². The first kappa shape index (κ1) is 16.5. The van der Waals surface area contributed by atoms with Crippen LogP contribution in [-0.4, -0.2) is 38.0 Å². The predicted molar refractivity (Wildman–Crippen MR) is 84.7 cm³/mol. The summed E-state index contributed by atoms with van der Waals surface area (Å²) in [7, 11) is 5.83. The van der Waals surface area contributed by atoms with Crippen LogP contribution < -0.4 is 10.6 Å². The van der Waals surface area contributed by atoms with Gasteiger partial charge in [0.25, 0.3) is 0 Å². The molecule has 0 radical (unpaired) electrons. The van der Waals surface area contributed by atoms with E-state index in [1.807, 2.05) is 40.2 Å². The number of benzene rings is 1. The Balaban J connectivity index is 2.65. The smallest absolute Gasteiger partial charge is 0.239 e. The molecule has 2 N–H and O–H groups in total. The van der Waals surface area contributed by atoms with Crippen LogP contribution in [0.15, 0.2) is 24.3 Å². The molecule has 0 heterocycles. The maximum absolute atomic E-state index is 12.2. The molecule has 1 rings (SSSR count). The van der Waals surface area contributed by atoms with Crippen molar-refractivity contribution < 1.29 is 4.79 Å². The highest BCUT2D eigenvalue weighted by Crippen LogP contribution is 2.14. The van der Waals surface area contributed by atoms with Gasteiger partial charge in [0, 0.05) is 33.4 Å². The number of carbonyl (C=O) groups is 1. The number of nitrogens with zero attached hydrogens (tertiary/aromatic N) is 2. The van der Waals surface area contributed by atoms with Crippen LogP contribution in [0.25, 0.3) is 0 Å². The molecule has 20 heavy (non-hydrogen) atoms.